The predicted octanol–water partition coefficient (Wildman–Crippen LogP) is 4.96. The maximum Gasteiger partial charge on any atom is 0.196 e. The number of benzene rings is 3. The van der Waals surface area contributed by atoms with Gasteiger partial charge in [-0.2, -0.15) is 0 Å². The van der Waals surface area contributed by atoms with Gasteiger partial charge in [0.15, 0.2) is 5.78 Å². The minimum Gasteiger partial charge on any atom is -0.507 e. The van der Waals surface area contributed by atoms with E-state index in [1.54, 1.807) is 36.4 Å². The summed E-state index contributed by atoms with van der Waals surface area (Å²) in [6.45, 7) is 0.473. The number of ketones is 1. The van der Waals surface area contributed by atoms with Crippen molar-refractivity contribution in [3.05, 3.63) is 94.0 Å². The minimum absolute atomic E-state index is 0.0346. The molecule has 3 aromatic rings. The van der Waals surface area contributed by atoms with E-state index in [0.29, 0.717) is 17.9 Å². The molecule has 120 valence electrons. The number of halogens is 1. The van der Waals surface area contributed by atoms with Crippen LogP contribution in [0.25, 0.3) is 0 Å². The molecule has 0 atom stereocenters. The van der Waals surface area contributed by atoms with Crippen LogP contribution in [-0.4, -0.2) is 10.9 Å². The van der Waals surface area contributed by atoms with Gasteiger partial charge >= 0.3 is 0 Å². The van der Waals surface area contributed by atoms with Crippen molar-refractivity contribution >= 4 is 21.7 Å². The quantitative estimate of drug-likeness (QED) is 0.634. The van der Waals surface area contributed by atoms with Gasteiger partial charge in [-0.3, -0.25) is 4.79 Å². The summed E-state index contributed by atoms with van der Waals surface area (Å²) in [5, 5.41) is 9.87. The number of hydrogen-bond donors (Lipinski definition) is 1. The number of phenols is 1. The maximum atomic E-state index is 12.5. The summed E-state index contributed by atoms with van der Waals surface area (Å²) in [4.78, 5) is 12.5. The Bertz CT molecular complexity index is 843. The molecular weight excluding hydrogens is 368 g/mol. The molecule has 0 radical (unpaired) electrons. The Morgan fingerprint density at radius 3 is 2.38 bits per heavy atom. The van der Waals surface area contributed by atoms with Crippen molar-refractivity contribution < 1.29 is 14.6 Å². The van der Waals surface area contributed by atoms with E-state index in [4.69, 9.17) is 4.74 Å². The molecule has 0 amide bonds. The first kappa shape index (κ1) is 16.3. The fourth-order valence-corrected chi connectivity index (χ4v) is 2.65. The summed E-state index contributed by atoms with van der Waals surface area (Å²) in [7, 11) is 0. The van der Waals surface area contributed by atoms with Gasteiger partial charge in [0.1, 0.15) is 18.1 Å². The van der Waals surface area contributed by atoms with E-state index in [0.717, 1.165) is 10.0 Å². The fraction of sp³-hybridized carbons (Fsp3) is 0.0500. The first-order valence-corrected chi connectivity index (χ1v) is 8.23. The lowest BCUT2D eigenvalue weighted by Crippen LogP contribution is -2.02. The fourth-order valence-electron chi connectivity index (χ4n) is 2.29. The highest BCUT2D eigenvalue weighted by Gasteiger charge is 2.14. The third-order valence-electron chi connectivity index (χ3n) is 3.57. The monoisotopic (exact) mass is 382 g/mol. The van der Waals surface area contributed by atoms with E-state index in [1.807, 2.05) is 30.3 Å². The molecule has 0 aromatic heterocycles. The number of carbonyl (C=O) groups excluding carboxylic acids is 1. The molecule has 0 spiro atoms. The topological polar surface area (TPSA) is 46.5 Å². The van der Waals surface area contributed by atoms with Crippen LogP contribution in [0.3, 0.4) is 0 Å². The Kier molecular flexibility index (Phi) is 4.96. The Balaban J connectivity index is 1.72. The number of hydrogen-bond acceptors (Lipinski definition) is 3. The predicted molar refractivity (Wildman–Crippen MR) is 96.5 cm³/mol. The lowest BCUT2D eigenvalue weighted by atomic mass is 10.0. The number of ether oxygens (including phenoxy) is 1. The molecule has 0 aliphatic carbocycles. The molecule has 0 aliphatic rings. The van der Waals surface area contributed by atoms with Crippen molar-refractivity contribution in [3.63, 3.8) is 0 Å². The van der Waals surface area contributed by atoms with Crippen molar-refractivity contribution in [2.24, 2.45) is 0 Å². The van der Waals surface area contributed by atoms with Gasteiger partial charge in [-0.1, -0.05) is 46.3 Å². The molecule has 3 nitrogen and oxygen atoms in total. The molecule has 0 unspecified atom stereocenters. The normalized spacial score (nSPS) is 10.4. The van der Waals surface area contributed by atoms with Crippen LogP contribution in [0.15, 0.2) is 77.3 Å². The summed E-state index contributed by atoms with van der Waals surface area (Å²) in [5.41, 5.74) is 1.84. The molecule has 3 rings (SSSR count). The number of rotatable bonds is 5. The number of phenolic OH excluding ortho intramolecular Hbond substituents is 1. The molecule has 0 heterocycles. The van der Waals surface area contributed by atoms with Crippen molar-refractivity contribution in [1.82, 2.24) is 0 Å². The summed E-state index contributed by atoms with van der Waals surface area (Å²) < 4.78 is 6.45. The lowest BCUT2D eigenvalue weighted by molar-refractivity contribution is 0.103. The van der Waals surface area contributed by atoms with Crippen LogP contribution in [0, 0.1) is 0 Å². The van der Waals surface area contributed by atoms with Crippen molar-refractivity contribution in [2.45, 2.75) is 6.61 Å². The zero-order valence-corrected chi connectivity index (χ0v) is 14.4. The highest BCUT2D eigenvalue weighted by atomic mass is 79.9. The van der Waals surface area contributed by atoms with E-state index in [1.165, 1.54) is 6.07 Å². The minimum atomic E-state index is -0.233. The zero-order chi connectivity index (χ0) is 16.9. The van der Waals surface area contributed by atoms with Gasteiger partial charge in [0.2, 0.25) is 0 Å². The van der Waals surface area contributed by atoms with Gasteiger partial charge in [-0.25, -0.2) is 0 Å². The average Bonchev–Trinajstić information content (AvgIpc) is 2.63. The highest BCUT2D eigenvalue weighted by Crippen LogP contribution is 2.25. The molecule has 3 aromatic carbocycles. The number of carbonyl (C=O) groups is 1. The van der Waals surface area contributed by atoms with Gasteiger partial charge in [-0.15, -0.1) is 0 Å². The highest BCUT2D eigenvalue weighted by molar-refractivity contribution is 9.10. The third kappa shape index (κ3) is 3.84. The van der Waals surface area contributed by atoms with Crippen LogP contribution in [0.5, 0.6) is 11.5 Å². The second-order valence-corrected chi connectivity index (χ2v) is 6.20. The van der Waals surface area contributed by atoms with Crippen molar-refractivity contribution in [3.8, 4) is 11.5 Å². The molecule has 1 N–H and O–H groups in total. The van der Waals surface area contributed by atoms with E-state index in [-0.39, 0.29) is 17.1 Å². The van der Waals surface area contributed by atoms with Crippen LogP contribution >= 0.6 is 15.9 Å². The van der Waals surface area contributed by atoms with Gasteiger partial charge in [0, 0.05) is 10.0 Å². The molecule has 4 heteroatoms. The lowest BCUT2D eigenvalue weighted by Gasteiger charge is -2.08. The Morgan fingerprint density at radius 2 is 1.67 bits per heavy atom. The molecule has 0 bridgehead atoms. The SMILES string of the molecule is O=C(c1ccc(OCc2ccccc2)cc1)c1cc(Br)ccc1O. The second-order valence-electron chi connectivity index (χ2n) is 5.29. The third-order valence-corrected chi connectivity index (χ3v) is 4.06. The van der Waals surface area contributed by atoms with Gasteiger partial charge in [0.05, 0.1) is 5.56 Å². The van der Waals surface area contributed by atoms with Gasteiger partial charge in [-0.05, 0) is 48.0 Å². The average molecular weight is 383 g/mol. The Morgan fingerprint density at radius 1 is 0.958 bits per heavy atom. The Labute approximate surface area is 148 Å². The first-order chi connectivity index (χ1) is 11.6. The van der Waals surface area contributed by atoms with Crippen LogP contribution < -0.4 is 4.74 Å². The summed E-state index contributed by atoms with van der Waals surface area (Å²) >= 11 is 3.31. The molecule has 0 saturated heterocycles. The van der Waals surface area contributed by atoms with E-state index in [9.17, 15) is 9.90 Å². The maximum absolute atomic E-state index is 12.5. The standard InChI is InChI=1S/C20H15BrO3/c21-16-8-11-19(22)18(12-16)20(23)15-6-9-17(10-7-15)24-13-14-4-2-1-3-5-14/h1-12,22H,13H2. The van der Waals surface area contributed by atoms with E-state index >= 15 is 0 Å². The zero-order valence-electron chi connectivity index (χ0n) is 12.8. The van der Waals surface area contributed by atoms with Crippen LogP contribution in [0.4, 0.5) is 0 Å². The largest absolute Gasteiger partial charge is 0.507 e. The van der Waals surface area contributed by atoms with Gasteiger partial charge in [0.25, 0.3) is 0 Å². The van der Waals surface area contributed by atoms with Crippen molar-refractivity contribution in [2.75, 3.05) is 0 Å². The molecule has 24 heavy (non-hydrogen) atoms. The second kappa shape index (κ2) is 7.32. The summed E-state index contributed by atoms with van der Waals surface area (Å²) in [6, 6.07) is 21.6. The molecule has 0 aliphatic heterocycles. The number of aromatic hydroxyl groups is 1. The smallest absolute Gasteiger partial charge is 0.196 e. The van der Waals surface area contributed by atoms with Crippen LogP contribution in [0.1, 0.15) is 21.5 Å². The first-order valence-electron chi connectivity index (χ1n) is 7.43. The summed E-state index contributed by atoms with van der Waals surface area (Å²) in [5.74, 6) is 0.421. The van der Waals surface area contributed by atoms with E-state index in [2.05, 4.69) is 15.9 Å². The molecule has 0 saturated carbocycles. The van der Waals surface area contributed by atoms with Gasteiger partial charge < -0.3 is 9.84 Å². The van der Waals surface area contributed by atoms with Crippen molar-refractivity contribution in [1.29, 1.82) is 0 Å². The Hall–Kier alpha value is -2.59. The van der Waals surface area contributed by atoms with Crippen LogP contribution in [0.2, 0.25) is 0 Å². The van der Waals surface area contributed by atoms with E-state index < -0.39 is 0 Å². The van der Waals surface area contributed by atoms with Crippen LogP contribution in [-0.2, 0) is 6.61 Å². The molecular formula is C20H15BrO3. The summed E-state index contributed by atoms with van der Waals surface area (Å²) in [6.07, 6.45) is 0. The molecule has 0 fully saturated rings.